The highest BCUT2D eigenvalue weighted by Gasteiger charge is 2.10. The van der Waals surface area contributed by atoms with Gasteiger partial charge in [-0.1, -0.05) is 11.6 Å². The van der Waals surface area contributed by atoms with Gasteiger partial charge in [-0.3, -0.25) is 0 Å². The predicted octanol–water partition coefficient (Wildman–Crippen LogP) is 4.65. The van der Waals surface area contributed by atoms with Gasteiger partial charge in [-0.2, -0.15) is 0 Å². The molecule has 0 aliphatic carbocycles. The number of hydrogen-bond acceptors (Lipinski definition) is 4. The van der Waals surface area contributed by atoms with E-state index in [1.807, 2.05) is 6.07 Å². The number of nitrogens with one attached hydrogen (secondary N) is 1. The SMILES string of the molecule is COc1cc(Cl)c(NCc2cc(C)sc2C)cc1OC. The number of halogens is 1. The van der Waals surface area contributed by atoms with Gasteiger partial charge in [0, 0.05) is 28.4 Å². The molecule has 3 nitrogen and oxygen atoms in total. The Morgan fingerprint density at radius 3 is 2.30 bits per heavy atom. The van der Waals surface area contributed by atoms with Gasteiger partial charge in [-0.15, -0.1) is 11.3 Å². The van der Waals surface area contributed by atoms with Gasteiger partial charge in [0.15, 0.2) is 11.5 Å². The molecule has 1 aromatic heterocycles. The minimum absolute atomic E-state index is 0.618. The quantitative estimate of drug-likeness (QED) is 0.872. The van der Waals surface area contributed by atoms with E-state index < -0.39 is 0 Å². The zero-order valence-electron chi connectivity index (χ0n) is 12.0. The minimum Gasteiger partial charge on any atom is -0.493 e. The average molecular weight is 312 g/mol. The van der Waals surface area contributed by atoms with E-state index in [1.54, 1.807) is 31.6 Å². The molecule has 0 atom stereocenters. The summed E-state index contributed by atoms with van der Waals surface area (Å²) in [6.45, 7) is 4.99. The molecule has 0 unspecified atom stereocenters. The van der Waals surface area contributed by atoms with Gasteiger partial charge in [0.05, 0.1) is 24.9 Å². The van der Waals surface area contributed by atoms with E-state index in [4.69, 9.17) is 21.1 Å². The number of aryl methyl sites for hydroxylation is 2. The molecule has 0 saturated heterocycles. The van der Waals surface area contributed by atoms with Crippen LogP contribution in [0.15, 0.2) is 18.2 Å². The molecule has 0 aliphatic heterocycles. The molecule has 2 aromatic rings. The highest BCUT2D eigenvalue weighted by Crippen LogP contribution is 2.36. The van der Waals surface area contributed by atoms with Crippen LogP contribution in [-0.2, 0) is 6.54 Å². The van der Waals surface area contributed by atoms with Gasteiger partial charge in [0.1, 0.15) is 0 Å². The maximum absolute atomic E-state index is 6.25. The van der Waals surface area contributed by atoms with E-state index in [-0.39, 0.29) is 0 Å². The molecule has 0 aliphatic rings. The summed E-state index contributed by atoms with van der Waals surface area (Å²) in [7, 11) is 3.21. The van der Waals surface area contributed by atoms with Gasteiger partial charge in [0.25, 0.3) is 0 Å². The average Bonchev–Trinajstić information content (AvgIpc) is 2.75. The summed E-state index contributed by atoms with van der Waals surface area (Å²) in [5.74, 6) is 1.29. The lowest BCUT2D eigenvalue weighted by Gasteiger charge is -2.13. The van der Waals surface area contributed by atoms with E-state index in [0.717, 1.165) is 12.2 Å². The molecular weight excluding hydrogens is 294 g/mol. The van der Waals surface area contributed by atoms with Crippen LogP contribution in [0.1, 0.15) is 15.3 Å². The number of rotatable bonds is 5. The van der Waals surface area contributed by atoms with Gasteiger partial charge >= 0.3 is 0 Å². The Labute approximate surface area is 128 Å². The van der Waals surface area contributed by atoms with E-state index in [0.29, 0.717) is 16.5 Å². The van der Waals surface area contributed by atoms with Crippen LogP contribution in [0.5, 0.6) is 11.5 Å². The molecule has 2 rings (SSSR count). The third-order valence-corrected chi connectivity index (χ3v) is 4.41. The van der Waals surface area contributed by atoms with Gasteiger partial charge in [0.2, 0.25) is 0 Å². The molecule has 0 amide bonds. The van der Waals surface area contributed by atoms with Gasteiger partial charge in [-0.25, -0.2) is 0 Å². The zero-order valence-corrected chi connectivity index (χ0v) is 13.6. The van der Waals surface area contributed by atoms with Crippen molar-refractivity contribution in [2.24, 2.45) is 0 Å². The van der Waals surface area contributed by atoms with Crippen LogP contribution in [0.2, 0.25) is 5.02 Å². The fraction of sp³-hybridized carbons (Fsp3) is 0.333. The van der Waals surface area contributed by atoms with Gasteiger partial charge in [-0.05, 0) is 25.5 Å². The smallest absolute Gasteiger partial charge is 0.162 e. The van der Waals surface area contributed by atoms with Crippen molar-refractivity contribution in [3.8, 4) is 11.5 Å². The van der Waals surface area contributed by atoms with E-state index >= 15 is 0 Å². The second-order valence-electron chi connectivity index (χ2n) is 4.48. The maximum Gasteiger partial charge on any atom is 0.162 e. The minimum atomic E-state index is 0.618. The van der Waals surface area contributed by atoms with Crippen LogP contribution in [0.3, 0.4) is 0 Å². The third kappa shape index (κ3) is 3.19. The number of methoxy groups -OCH3 is 2. The summed E-state index contributed by atoms with van der Waals surface area (Å²) in [4.78, 5) is 2.64. The molecule has 108 valence electrons. The topological polar surface area (TPSA) is 30.5 Å². The van der Waals surface area contributed by atoms with Crippen molar-refractivity contribution in [2.45, 2.75) is 20.4 Å². The first-order valence-electron chi connectivity index (χ1n) is 6.26. The standard InChI is InChI=1S/C15H18ClNO2S/c1-9-5-11(10(2)20-9)8-17-13-7-15(19-4)14(18-3)6-12(13)16/h5-7,17H,8H2,1-4H3. The number of ether oxygens (including phenoxy) is 2. The lowest BCUT2D eigenvalue weighted by Crippen LogP contribution is -2.01. The fourth-order valence-corrected chi connectivity index (χ4v) is 3.21. The molecule has 1 aromatic carbocycles. The number of hydrogen-bond donors (Lipinski definition) is 1. The van der Waals surface area contributed by atoms with Crippen LogP contribution in [0.25, 0.3) is 0 Å². The van der Waals surface area contributed by atoms with Crippen molar-refractivity contribution in [1.29, 1.82) is 0 Å². The summed E-state index contributed by atoms with van der Waals surface area (Å²) in [5.41, 5.74) is 2.13. The van der Waals surface area contributed by atoms with Gasteiger partial charge < -0.3 is 14.8 Å². The Hall–Kier alpha value is -1.39. The number of anilines is 1. The molecule has 1 heterocycles. The van der Waals surface area contributed by atoms with Crippen molar-refractivity contribution in [1.82, 2.24) is 0 Å². The Morgan fingerprint density at radius 1 is 1.10 bits per heavy atom. The molecule has 5 heteroatoms. The van der Waals surface area contributed by atoms with E-state index in [9.17, 15) is 0 Å². The normalized spacial score (nSPS) is 10.4. The van der Waals surface area contributed by atoms with Crippen LogP contribution in [-0.4, -0.2) is 14.2 Å². The van der Waals surface area contributed by atoms with Crippen LogP contribution >= 0.6 is 22.9 Å². The molecule has 0 fully saturated rings. The third-order valence-electron chi connectivity index (χ3n) is 3.09. The van der Waals surface area contributed by atoms with Crippen LogP contribution < -0.4 is 14.8 Å². The van der Waals surface area contributed by atoms with Crippen LogP contribution in [0.4, 0.5) is 5.69 Å². The van der Waals surface area contributed by atoms with Crippen molar-refractivity contribution in [2.75, 3.05) is 19.5 Å². The second-order valence-corrected chi connectivity index (χ2v) is 6.35. The molecular formula is C15H18ClNO2S. The van der Waals surface area contributed by atoms with Crippen molar-refractivity contribution < 1.29 is 9.47 Å². The summed E-state index contributed by atoms with van der Waals surface area (Å²) < 4.78 is 10.5. The Kier molecular flexibility index (Phi) is 4.78. The van der Waals surface area contributed by atoms with E-state index in [1.165, 1.54) is 15.3 Å². The highest BCUT2D eigenvalue weighted by atomic mass is 35.5. The van der Waals surface area contributed by atoms with E-state index in [2.05, 4.69) is 25.2 Å². The van der Waals surface area contributed by atoms with Crippen molar-refractivity contribution in [3.05, 3.63) is 38.5 Å². The van der Waals surface area contributed by atoms with Crippen molar-refractivity contribution in [3.63, 3.8) is 0 Å². The fourth-order valence-electron chi connectivity index (χ4n) is 2.04. The zero-order chi connectivity index (χ0) is 14.7. The number of thiophene rings is 1. The first kappa shape index (κ1) is 15.0. The Bertz CT molecular complexity index is 610. The summed E-state index contributed by atoms with van der Waals surface area (Å²) in [6.07, 6.45) is 0. The number of benzene rings is 1. The lowest BCUT2D eigenvalue weighted by atomic mass is 10.2. The Morgan fingerprint density at radius 2 is 1.75 bits per heavy atom. The van der Waals surface area contributed by atoms with Crippen molar-refractivity contribution >= 4 is 28.6 Å². The first-order chi connectivity index (χ1) is 9.55. The summed E-state index contributed by atoms with van der Waals surface area (Å²) in [5, 5.41) is 3.97. The predicted molar refractivity (Wildman–Crippen MR) is 85.7 cm³/mol. The second kappa shape index (κ2) is 6.37. The molecule has 0 radical (unpaired) electrons. The largest absolute Gasteiger partial charge is 0.493 e. The molecule has 0 spiro atoms. The molecule has 1 N–H and O–H groups in total. The monoisotopic (exact) mass is 311 g/mol. The summed E-state index contributed by atoms with van der Waals surface area (Å²) >= 11 is 8.06. The highest BCUT2D eigenvalue weighted by molar-refractivity contribution is 7.12. The molecule has 0 bridgehead atoms. The molecule has 20 heavy (non-hydrogen) atoms. The Balaban J connectivity index is 2.19. The van der Waals surface area contributed by atoms with Crippen LogP contribution in [0, 0.1) is 13.8 Å². The lowest BCUT2D eigenvalue weighted by molar-refractivity contribution is 0.355. The molecule has 0 saturated carbocycles. The maximum atomic E-state index is 6.25. The first-order valence-corrected chi connectivity index (χ1v) is 7.46. The summed E-state index contributed by atoms with van der Waals surface area (Å²) in [6, 6.07) is 5.81.